The Bertz CT molecular complexity index is 1060. The summed E-state index contributed by atoms with van der Waals surface area (Å²) in [7, 11) is 0. The van der Waals surface area contributed by atoms with E-state index in [-0.39, 0.29) is 11.8 Å². The molecule has 30 heavy (non-hydrogen) atoms. The zero-order valence-electron chi connectivity index (χ0n) is 16.5. The summed E-state index contributed by atoms with van der Waals surface area (Å²) in [6.07, 6.45) is 1.06. The van der Waals surface area contributed by atoms with Gasteiger partial charge in [0.25, 0.3) is 5.91 Å². The molecule has 1 atom stereocenters. The van der Waals surface area contributed by atoms with Gasteiger partial charge in [-0.05, 0) is 66.8 Å². The lowest BCUT2D eigenvalue weighted by Crippen LogP contribution is -2.41. The van der Waals surface area contributed by atoms with Gasteiger partial charge in [-0.25, -0.2) is 0 Å². The number of nitrogens with zero attached hydrogens (tertiary/aromatic N) is 1. The van der Waals surface area contributed by atoms with Crippen LogP contribution >= 0.6 is 22.9 Å². The molecule has 0 bridgehead atoms. The summed E-state index contributed by atoms with van der Waals surface area (Å²) < 4.78 is 0. The van der Waals surface area contributed by atoms with E-state index in [9.17, 15) is 9.59 Å². The SMILES string of the molecule is CC(NC(=O)c1ccccc1Cl)C(=O)Nc1ccc(N2CCc3sccc3C2)cc1. The maximum absolute atomic E-state index is 12.5. The predicted octanol–water partition coefficient (Wildman–Crippen LogP) is 4.72. The van der Waals surface area contributed by atoms with Crippen LogP contribution in [0.4, 0.5) is 11.4 Å². The second-order valence-corrected chi connectivity index (χ2v) is 8.66. The molecular weight excluding hydrogens is 418 g/mol. The van der Waals surface area contributed by atoms with E-state index >= 15 is 0 Å². The Morgan fingerprint density at radius 2 is 1.87 bits per heavy atom. The van der Waals surface area contributed by atoms with Gasteiger partial charge < -0.3 is 15.5 Å². The molecular formula is C23H22ClN3O2S. The molecule has 4 rings (SSSR count). The first kappa shape index (κ1) is 20.4. The van der Waals surface area contributed by atoms with E-state index in [1.54, 1.807) is 31.2 Å². The second-order valence-electron chi connectivity index (χ2n) is 7.25. The Kier molecular flexibility index (Phi) is 6.06. The predicted molar refractivity (Wildman–Crippen MR) is 123 cm³/mol. The summed E-state index contributed by atoms with van der Waals surface area (Å²) in [5.74, 6) is -0.666. The van der Waals surface area contributed by atoms with Gasteiger partial charge in [-0.15, -0.1) is 11.3 Å². The number of nitrogens with one attached hydrogen (secondary N) is 2. The summed E-state index contributed by atoms with van der Waals surface area (Å²) in [6, 6.07) is 16.0. The number of hydrogen-bond acceptors (Lipinski definition) is 4. The zero-order chi connectivity index (χ0) is 21.1. The topological polar surface area (TPSA) is 61.4 Å². The number of amides is 2. The number of benzene rings is 2. The normalized spacial score (nSPS) is 14.0. The van der Waals surface area contributed by atoms with Crippen molar-refractivity contribution in [2.75, 3.05) is 16.8 Å². The van der Waals surface area contributed by atoms with Crippen molar-refractivity contribution in [3.8, 4) is 0 Å². The average Bonchev–Trinajstić information content (AvgIpc) is 3.22. The van der Waals surface area contributed by atoms with Crippen LogP contribution in [0.15, 0.2) is 60.0 Å². The number of carbonyl (C=O) groups excluding carboxylic acids is 2. The molecule has 1 aromatic heterocycles. The van der Waals surface area contributed by atoms with Crippen LogP contribution < -0.4 is 15.5 Å². The van der Waals surface area contributed by atoms with E-state index in [4.69, 9.17) is 11.6 Å². The molecule has 2 amide bonds. The molecule has 0 saturated carbocycles. The highest BCUT2D eigenvalue weighted by Crippen LogP contribution is 2.28. The average molecular weight is 440 g/mol. The first-order valence-corrected chi connectivity index (χ1v) is 11.0. The molecule has 0 radical (unpaired) electrons. The number of rotatable bonds is 5. The van der Waals surface area contributed by atoms with Gasteiger partial charge >= 0.3 is 0 Å². The van der Waals surface area contributed by atoms with Gasteiger partial charge in [0.15, 0.2) is 0 Å². The summed E-state index contributed by atoms with van der Waals surface area (Å²) >= 11 is 7.87. The molecule has 0 spiro atoms. The number of halogens is 1. The highest BCUT2D eigenvalue weighted by atomic mass is 35.5. The van der Waals surface area contributed by atoms with E-state index in [0.717, 1.165) is 25.2 Å². The fraction of sp³-hybridized carbons (Fsp3) is 0.217. The Hall–Kier alpha value is -2.83. The van der Waals surface area contributed by atoms with Crippen molar-refractivity contribution in [3.05, 3.63) is 81.0 Å². The van der Waals surface area contributed by atoms with E-state index in [1.165, 1.54) is 10.4 Å². The molecule has 2 aromatic carbocycles. The number of anilines is 2. The van der Waals surface area contributed by atoms with Gasteiger partial charge in [-0.1, -0.05) is 23.7 Å². The second kappa shape index (κ2) is 8.90. The molecule has 154 valence electrons. The quantitative estimate of drug-likeness (QED) is 0.604. The highest BCUT2D eigenvalue weighted by Gasteiger charge is 2.19. The first-order chi connectivity index (χ1) is 14.5. The minimum atomic E-state index is -0.701. The van der Waals surface area contributed by atoms with Crippen molar-refractivity contribution in [1.29, 1.82) is 0 Å². The highest BCUT2D eigenvalue weighted by molar-refractivity contribution is 7.10. The maximum Gasteiger partial charge on any atom is 0.253 e. The monoisotopic (exact) mass is 439 g/mol. The third kappa shape index (κ3) is 4.50. The molecule has 0 aliphatic carbocycles. The van der Waals surface area contributed by atoms with Crippen molar-refractivity contribution in [2.45, 2.75) is 25.9 Å². The van der Waals surface area contributed by atoms with Gasteiger partial charge in [-0.3, -0.25) is 9.59 Å². The summed E-state index contributed by atoms with van der Waals surface area (Å²) in [4.78, 5) is 28.6. The van der Waals surface area contributed by atoms with Gasteiger partial charge in [0, 0.05) is 29.3 Å². The van der Waals surface area contributed by atoms with Gasteiger partial charge in [-0.2, -0.15) is 0 Å². The standard InChI is InChI=1S/C23H22ClN3O2S/c1-15(25-23(29)19-4-2-3-5-20(19)24)22(28)26-17-6-8-18(9-7-17)27-12-10-21-16(14-27)11-13-30-21/h2-9,11,13,15H,10,12,14H2,1H3,(H,25,29)(H,26,28). The van der Waals surface area contributed by atoms with Crippen molar-refractivity contribution in [3.63, 3.8) is 0 Å². The molecule has 2 heterocycles. The molecule has 2 N–H and O–H groups in total. The number of fused-ring (bicyclic) bond motifs is 1. The molecule has 1 unspecified atom stereocenters. The number of carbonyl (C=O) groups is 2. The Balaban J connectivity index is 1.34. The first-order valence-electron chi connectivity index (χ1n) is 9.78. The number of thiophene rings is 1. The van der Waals surface area contributed by atoms with Gasteiger partial charge in [0.05, 0.1) is 10.6 Å². The molecule has 5 nitrogen and oxygen atoms in total. The zero-order valence-corrected chi connectivity index (χ0v) is 18.1. The third-order valence-corrected chi connectivity index (χ3v) is 6.52. The van der Waals surface area contributed by atoms with Crippen LogP contribution in [0.1, 0.15) is 27.7 Å². The minimum absolute atomic E-state index is 0.288. The molecule has 1 aliphatic heterocycles. The van der Waals surface area contributed by atoms with Crippen LogP contribution in [0.2, 0.25) is 5.02 Å². The van der Waals surface area contributed by atoms with Crippen molar-refractivity contribution < 1.29 is 9.59 Å². The lowest BCUT2D eigenvalue weighted by molar-refractivity contribution is -0.117. The summed E-state index contributed by atoms with van der Waals surface area (Å²) in [5.41, 5.74) is 3.56. The van der Waals surface area contributed by atoms with Crippen LogP contribution in [0.5, 0.6) is 0 Å². The van der Waals surface area contributed by atoms with Crippen molar-refractivity contribution >= 4 is 46.1 Å². The lowest BCUT2D eigenvalue weighted by atomic mass is 10.1. The summed E-state index contributed by atoms with van der Waals surface area (Å²) in [6.45, 7) is 3.55. The Labute approximate surface area is 184 Å². The maximum atomic E-state index is 12.5. The Morgan fingerprint density at radius 1 is 1.10 bits per heavy atom. The van der Waals surface area contributed by atoms with Crippen molar-refractivity contribution in [1.82, 2.24) is 5.32 Å². The largest absolute Gasteiger partial charge is 0.367 e. The van der Waals surface area contributed by atoms with Crippen LogP contribution in [0.3, 0.4) is 0 Å². The van der Waals surface area contributed by atoms with E-state index in [1.807, 2.05) is 35.6 Å². The summed E-state index contributed by atoms with van der Waals surface area (Å²) in [5, 5.41) is 8.04. The van der Waals surface area contributed by atoms with Gasteiger partial charge in [0.1, 0.15) is 6.04 Å². The minimum Gasteiger partial charge on any atom is -0.367 e. The van der Waals surface area contributed by atoms with Crippen LogP contribution in [-0.2, 0) is 17.8 Å². The third-order valence-electron chi connectivity index (χ3n) is 5.17. The lowest BCUT2D eigenvalue weighted by Gasteiger charge is -2.29. The fourth-order valence-corrected chi connectivity index (χ4v) is 4.57. The molecule has 1 aliphatic rings. The molecule has 0 saturated heterocycles. The molecule has 7 heteroatoms. The van der Waals surface area contributed by atoms with Gasteiger partial charge in [0.2, 0.25) is 5.91 Å². The number of hydrogen-bond donors (Lipinski definition) is 2. The van der Waals surface area contributed by atoms with Crippen molar-refractivity contribution in [2.24, 2.45) is 0 Å². The Morgan fingerprint density at radius 3 is 2.63 bits per heavy atom. The van der Waals surface area contributed by atoms with E-state index in [0.29, 0.717) is 16.3 Å². The fourth-order valence-electron chi connectivity index (χ4n) is 3.46. The van der Waals surface area contributed by atoms with E-state index in [2.05, 4.69) is 27.0 Å². The van der Waals surface area contributed by atoms with Crippen LogP contribution in [-0.4, -0.2) is 24.4 Å². The van der Waals surface area contributed by atoms with E-state index < -0.39 is 6.04 Å². The smallest absolute Gasteiger partial charge is 0.253 e. The molecule has 3 aromatic rings. The van der Waals surface area contributed by atoms with Crippen LogP contribution in [0, 0.1) is 0 Å². The molecule has 0 fully saturated rings. The van der Waals surface area contributed by atoms with Crippen LogP contribution in [0.25, 0.3) is 0 Å².